The molecule has 2 amide bonds. The molecule has 0 spiro atoms. The van der Waals surface area contributed by atoms with Gasteiger partial charge in [0.05, 0.1) is 30.0 Å². The normalized spacial score (nSPS) is 14.1. The third-order valence-corrected chi connectivity index (χ3v) is 6.35. The van der Waals surface area contributed by atoms with Crippen LogP contribution in [-0.4, -0.2) is 36.2 Å². The van der Waals surface area contributed by atoms with Crippen molar-refractivity contribution in [3.8, 4) is 11.5 Å². The first kappa shape index (κ1) is 20.5. The Hall–Kier alpha value is -2.80. The Morgan fingerprint density at radius 2 is 2.00 bits per heavy atom. The molecule has 1 heterocycles. The van der Waals surface area contributed by atoms with E-state index in [0.717, 1.165) is 45.1 Å². The second-order valence-corrected chi connectivity index (χ2v) is 8.71. The fourth-order valence-corrected chi connectivity index (χ4v) is 4.70. The van der Waals surface area contributed by atoms with Gasteiger partial charge in [-0.1, -0.05) is 18.2 Å². The molecule has 158 valence electrons. The molecule has 1 N–H and O–H groups in total. The summed E-state index contributed by atoms with van der Waals surface area (Å²) in [6.07, 6.45) is 4.85. The summed E-state index contributed by atoms with van der Waals surface area (Å²) < 4.78 is 12.7. The number of carbonyl (C=O) groups excluding carboxylic acids is 1. The third-order valence-electron chi connectivity index (χ3n) is 5.32. The Morgan fingerprint density at radius 3 is 2.77 bits per heavy atom. The standard InChI is InChI=1S/C23H27N3O3S/c1-26(15-22-25-18-9-5-6-10-21(18)30-22)23(27)24-14-16-11-12-19(28-2)20(13-16)29-17-7-3-4-8-17/h5-6,9-13,17H,3-4,7-8,14-15H2,1-2H3,(H,24,27). The van der Waals surface area contributed by atoms with Gasteiger partial charge in [-0.05, 0) is 55.5 Å². The van der Waals surface area contributed by atoms with Gasteiger partial charge < -0.3 is 19.7 Å². The van der Waals surface area contributed by atoms with E-state index in [0.29, 0.717) is 13.1 Å². The third kappa shape index (κ3) is 4.84. The molecule has 1 fully saturated rings. The van der Waals surface area contributed by atoms with Crippen molar-refractivity contribution in [1.29, 1.82) is 0 Å². The van der Waals surface area contributed by atoms with Crippen LogP contribution in [0.4, 0.5) is 4.79 Å². The van der Waals surface area contributed by atoms with Gasteiger partial charge in [0, 0.05) is 13.6 Å². The molecule has 1 aliphatic carbocycles. The predicted octanol–water partition coefficient (Wildman–Crippen LogP) is 4.97. The number of rotatable bonds is 7. The number of nitrogens with zero attached hydrogens (tertiary/aromatic N) is 2. The maximum Gasteiger partial charge on any atom is 0.317 e. The number of thiazole rings is 1. The number of hydrogen-bond donors (Lipinski definition) is 1. The highest BCUT2D eigenvalue weighted by Gasteiger charge is 2.19. The molecule has 0 saturated heterocycles. The number of aromatic nitrogens is 1. The lowest BCUT2D eigenvalue weighted by molar-refractivity contribution is 0.200. The summed E-state index contributed by atoms with van der Waals surface area (Å²) >= 11 is 1.62. The van der Waals surface area contributed by atoms with Gasteiger partial charge in [0.25, 0.3) is 0 Å². The van der Waals surface area contributed by atoms with Crippen molar-refractivity contribution < 1.29 is 14.3 Å². The van der Waals surface area contributed by atoms with E-state index < -0.39 is 0 Å². The van der Waals surface area contributed by atoms with E-state index in [1.54, 1.807) is 30.4 Å². The highest BCUT2D eigenvalue weighted by molar-refractivity contribution is 7.18. The molecule has 2 aromatic carbocycles. The van der Waals surface area contributed by atoms with Crippen molar-refractivity contribution in [1.82, 2.24) is 15.2 Å². The van der Waals surface area contributed by atoms with Gasteiger partial charge in [-0.25, -0.2) is 9.78 Å². The summed E-state index contributed by atoms with van der Waals surface area (Å²) in [6.45, 7) is 0.901. The zero-order valence-electron chi connectivity index (χ0n) is 17.4. The highest BCUT2D eigenvalue weighted by atomic mass is 32.1. The first-order valence-corrected chi connectivity index (χ1v) is 11.1. The molecule has 1 aliphatic rings. The molecule has 3 aromatic rings. The van der Waals surface area contributed by atoms with Gasteiger partial charge in [0.2, 0.25) is 0 Å². The van der Waals surface area contributed by atoms with Crippen LogP contribution < -0.4 is 14.8 Å². The van der Waals surface area contributed by atoms with Gasteiger partial charge in [0.1, 0.15) is 5.01 Å². The number of carbonyl (C=O) groups is 1. The Kier molecular flexibility index (Phi) is 6.38. The number of ether oxygens (including phenoxy) is 2. The summed E-state index contributed by atoms with van der Waals surface area (Å²) in [7, 11) is 3.43. The second-order valence-electron chi connectivity index (χ2n) is 7.60. The second kappa shape index (κ2) is 9.34. The number of hydrogen-bond acceptors (Lipinski definition) is 5. The molecule has 30 heavy (non-hydrogen) atoms. The predicted molar refractivity (Wildman–Crippen MR) is 119 cm³/mol. The number of amides is 2. The molecule has 6 nitrogen and oxygen atoms in total. The van der Waals surface area contributed by atoms with E-state index >= 15 is 0 Å². The van der Waals surface area contributed by atoms with E-state index in [4.69, 9.17) is 9.47 Å². The smallest absolute Gasteiger partial charge is 0.317 e. The van der Waals surface area contributed by atoms with Crippen molar-refractivity contribution in [2.45, 2.75) is 44.9 Å². The molecule has 0 bridgehead atoms. The van der Waals surface area contributed by atoms with Gasteiger partial charge >= 0.3 is 6.03 Å². The van der Waals surface area contributed by atoms with Crippen LogP contribution in [0.3, 0.4) is 0 Å². The van der Waals surface area contributed by atoms with Gasteiger partial charge in [0.15, 0.2) is 11.5 Å². The van der Waals surface area contributed by atoms with Crippen molar-refractivity contribution in [2.75, 3.05) is 14.2 Å². The van der Waals surface area contributed by atoms with Crippen LogP contribution in [0.15, 0.2) is 42.5 Å². The molecule has 0 atom stereocenters. The van der Waals surface area contributed by atoms with Crippen molar-refractivity contribution >= 4 is 27.6 Å². The van der Waals surface area contributed by atoms with E-state index in [1.807, 2.05) is 42.5 Å². The lowest BCUT2D eigenvalue weighted by Crippen LogP contribution is -2.36. The molecule has 4 rings (SSSR count). The minimum absolute atomic E-state index is 0.136. The molecule has 0 aliphatic heterocycles. The molecule has 0 unspecified atom stereocenters. The van der Waals surface area contributed by atoms with Gasteiger partial charge in [-0.3, -0.25) is 0 Å². The van der Waals surface area contributed by atoms with Crippen LogP contribution in [0.5, 0.6) is 11.5 Å². The largest absolute Gasteiger partial charge is 0.493 e. The quantitative estimate of drug-likeness (QED) is 0.581. The number of benzene rings is 2. The van der Waals surface area contributed by atoms with E-state index in [1.165, 1.54) is 12.8 Å². The Balaban J connectivity index is 1.35. The van der Waals surface area contributed by atoms with Crippen LogP contribution in [0, 0.1) is 0 Å². The average Bonchev–Trinajstić information content (AvgIpc) is 3.41. The zero-order valence-corrected chi connectivity index (χ0v) is 18.2. The molecular formula is C23H27N3O3S. The number of nitrogens with one attached hydrogen (secondary N) is 1. The van der Waals surface area contributed by atoms with Crippen molar-refractivity contribution in [3.05, 3.63) is 53.0 Å². The fraction of sp³-hybridized carbons (Fsp3) is 0.391. The number of para-hydroxylation sites is 1. The lowest BCUT2D eigenvalue weighted by atomic mass is 10.2. The first-order chi connectivity index (χ1) is 14.6. The summed E-state index contributed by atoms with van der Waals surface area (Å²) in [4.78, 5) is 18.8. The summed E-state index contributed by atoms with van der Waals surface area (Å²) in [5, 5.41) is 3.90. The van der Waals surface area contributed by atoms with E-state index in [-0.39, 0.29) is 12.1 Å². The minimum atomic E-state index is -0.136. The molecule has 1 saturated carbocycles. The lowest BCUT2D eigenvalue weighted by Gasteiger charge is -2.18. The Morgan fingerprint density at radius 1 is 1.20 bits per heavy atom. The van der Waals surface area contributed by atoms with Crippen LogP contribution in [-0.2, 0) is 13.1 Å². The summed E-state index contributed by atoms with van der Waals surface area (Å²) in [6, 6.07) is 13.7. The summed E-state index contributed by atoms with van der Waals surface area (Å²) in [5.74, 6) is 1.48. The van der Waals surface area contributed by atoms with Crippen LogP contribution in [0.1, 0.15) is 36.3 Å². The number of urea groups is 1. The Labute approximate surface area is 180 Å². The van der Waals surface area contributed by atoms with Gasteiger partial charge in [-0.2, -0.15) is 0 Å². The zero-order chi connectivity index (χ0) is 20.9. The molecular weight excluding hydrogens is 398 g/mol. The molecule has 0 radical (unpaired) electrons. The Bertz CT molecular complexity index is 981. The number of fused-ring (bicyclic) bond motifs is 1. The maximum absolute atomic E-state index is 12.6. The van der Waals surface area contributed by atoms with Gasteiger partial charge in [-0.15, -0.1) is 11.3 Å². The first-order valence-electron chi connectivity index (χ1n) is 10.3. The van der Waals surface area contributed by atoms with Crippen LogP contribution in [0.25, 0.3) is 10.2 Å². The average molecular weight is 426 g/mol. The van der Waals surface area contributed by atoms with Crippen molar-refractivity contribution in [3.63, 3.8) is 0 Å². The highest BCUT2D eigenvalue weighted by Crippen LogP contribution is 2.32. The van der Waals surface area contributed by atoms with E-state index in [2.05, 4.69) is 10.3 Å². The SMILES string of the molecule is COc1ccc(CNC(=O)N(C)Cc2nc3ccccc3s2)cc1OC1CCCC1. The topological polar surface area (TPSA) is 63.7 Å². The molecule has 7 heteroatoms. The van der Waals surface area contributed by atoms with Crippen molar-refractivity contribution in [2.24, 2.45) is 0 Å². The van der Waals surface area contributed by atoms with E-state index in [9.17, 15) is 4.79 Å². The van der Waals surface area contributed by atoms with Crippen LogP contribution >= 0.6 is 11.3 Å². The number of methoxy groups -OCH3 is 1. The monoisotopic (exact) mass is 425 g/mol. The van der Waals surface area contributed by atoms with Crippen LogP contribution in [0.2, 0.25) is 0 Å². The molecule has 1 aromatic heterocycles. The minimum Gasteiger partial charge on any atom is -0.493 e. The summed E-state index contributed by atoms with van der Waals surface area (Å²) in [5.41, 5.74) is 1.95. The maximum atomic E-state index is 12.6. The fourth-order valence-electron chi connectivity index (χ4n) is 3.68.